The molecule has 6 heteroatoms. The SMILES string of the molecule is CNc1cc(OCC(C)(C)N(C)C)cc([N+](=O)[O-])c1. The van der Waals surface area contributed by atoms with Crippen LogP contribution in [0.2, 0.25) is 0 Å². The number of benzene rings is 1. The summed E-state index contributed by atoms with van der Waals surface area (Å²) in [6.07, 6.45) is 0. The van der Waals surface area contributed by atoms with E-state index in [1.165, 1.54) is 12.1 Å². The van der Waals surface area contributed by atoms with Gasteiger partial charge in [0.15, 0.2) is 0 Å². The number of nitro benzene ring substituents is 1. The first-order valence-electron chi connectivity index (χ1n) is 6.04. The molecule has 0 aliphatic heterocycles. The van der Waals surface area contributed by atoms with Crippen molar-refractivity contribution in [1.29, 1.82) is 0 Å². The third-order valence-electron chi connectivity index (χ3n) is 3.19. The van der Waals surface area contributed by atoms with E-state index >= 15 is 0 Å². The maximum absolute atomic E-state index is 10.8. The molecule has 0 aliphatic carbocycles. The zero-order chi connectivity index (χ0) is 14.6. The van der Waals surface area contributed by atoms with E-state index in [4.69, 9.17) is 4.74 Å². The van der Waals surface area contributed by atoms with Crippen LogP contribution in [0.4, 0.5) is 11.4 Å². The number of non-ortho nitro benzene ring substituents is 1. The summed E-state index contributed by atoms with van der Waals surface area (Å²) >= 11 is 0. The maximum Gasteiger partial charge on any atom is 0.275 e. The highest BCUT2D eigenvalue weighted by Crippen LogP contribution is 2.26. The van der Waals surface area contributed by atoms with E-state index in [0.29, 0.717) is 18.0 Å². The Kier molecular flexibility index (Phi) is 4.72. The number of nitro groups is 1. The Balaban J connectivity index is 2.89. The van der Waals surface area contributed by atoms with Crippen LogP contribution in [0.15, 0.2) is 18.2 Å². The highest BCUT2D eigenvalue weighted by atomic mass is 16.6. The lowest BCUT2D eigenvalue weighted by molar-refractivity contribution is -0.384. The van der Waals surface area contributed by atoms with Crippen molar-refractivity contribution >= 4 is 11.4 Å². The van der Waals surface area contributed by atoms with Gasteiger partial charge in [-0.15, -0.1) is 0 Å². The molecule has 0 saturated carbocycles. The number of hydrogen-bond acceptors (Lipinski definition) is 5. The largest absolute Gasteiger partial charge is 0.491 e. The first-order valence-corrected chi connectivity index (χ1v) is 6.04. The minimum Gasteiger partial charge on any atom is -0.491 e. The predicted octanol–water partition coefficient (Wildman–Crippen LogP) is 2.36. The summed E-state index contributed by atoms with van der Waals surface area (Å²) in [5.74, 6) is 0.494. The monoisotopic (exact) mass is 267 g/mol. The van der Waals surface area contributed by atoms with Crippen molar-refractivity contribution in [2.45, 2.75) is 19.4 Å². The summed E-state index contributed by atoms with van der Waals surface area (Å²) in [7, 11) is 5.65. The molecule has 0 atom stereocenters. The number of ether oxygens (including phenoxy) is 1. The van der Waals surface area contributed by atoms with Crippen molar-refractivity contribution in [2.75, 3.05) is 33.1 Å². The van der Waals surface area contributed by atoms with Crippen molar-refractivity contribution in [3.05, 3.63) is 28.3 Å². The van der Waals surface area contributed by atoms with Gasteiger partial charge in [0.2, 0.25) is 0 Å². The molecule has 0 amide bonds. The lowest BCUT2D eigenvalue weighted by atomic mass is 10.1. The number of nitrogens with one attached hydrogen (secondary N) is 1. The van der Waals surface area contributed by atoms with E-state index in [0.717, 1.165) is 0 Å². The van der Waals surface area contributed by atoms with E-state index in [-0.39, 0.29) is 11.2 Å². The summed E-state index contributed by atoms with van der Waals surface area (Å²) in [5.41, 5.74) is 0.529. The van der Waals surface area contributed by atoms with Crippen LogP contribution in [0.3, 0.4) is 0 Å². The second kappa shape index (κ2) is 5.88. The molecule has 0 aliphatic rings. The number of likely N-dealkylation sites (N-methyl/N-ethyl adjacent to an activating group) is 1. The molecule has 1 aromatic carbocycles. The molecule has 0 radical (unpaired) electrons. The van der Waals surface area contributed by atoms with E-state index in [1.807, 2.05) is 32.8 Å². The second-order valence-corrected chi connectivity index (χ2v) is 5.22. The number of anilines is 1. The van der Waals surface area contributed by atoms with Crippen LogP contribution in [0.25, 0.3) is 0 Å². The zero-order valence-electron chi connectivity index (χ0n) is 12.1. The standard InChI is InChI=1S/C13H21N3O3/c1-13(2,15(4)5)9-19-12-7-10(14-3)6-11(8-12)16(17)18/h6-8,14H,9H2,1-5H3. The van der Waals surface area contributed by atoms with Gasteiger partial charge in [0.25, 0.3) is 5.69 Å². The van der Waals surface area contributed by atoms with Crippen molar-refractivity contribution in [1.82, 2.24) is 4.90 Å². The Hall–Kier alpha value is -1.82. The molecule has 0 saturated heterocycles. The molecule has 0 heterocycles. The maximum atomic E-state index is 10.8. The van der Waals surface area contributed by atoms with Gasteiger partial charge in [-0.1, -0.05) is 0 Å². The van der Waals surface area contributed by atoms with Gasteiger partial charge in [-0.2, -0.15) is 0 Å². The Morgan fingerprint density at radius 2 is 2.00 bits per heavy atom. The fourth-order valence-electron chi connectivity index (χ4n) is 1.31. The molecule has 1 rings (SSSR count). The van der Waals surface area contributed by atoms with E-state index in [2.05, 4.69) is 5.32 Å². The molecule has 106 valence electrons. The third-order valence-corrected chi connectivity index (χ3v) is 3.19. The van der Waals surface area contributed by atoms with Gasteiger partial charge in [0, 0.05) is 30.4 Å². The Labute approximate surface area is 113 Å². The molecule has 19 heavy (non-hydrogen) atoms. The fourth-order valence-corrected chi connectivity index (χ4v) is 1.31. The predicted molar refractivity (Wildman–Crippen MR) is 75.9 cm³/mol. The molecule has 1 N–H and O–H groups in total. The molecule has 0 aromatic heterocycles. The number of nitrogens with zero attached hydrogens (tertiary/aromatic N) is 2. The van der Waals surface area contributed by atoms with Gasteiger partial charge in [-0.05, 0) is 27.9 Å². The van der Waals surface area contributed by atoms with Crippen LogP contribution < -0.4 is 10.1 Å². The van der Waals surface area contributed by atoms with E-state index < -0.39 is 4.92 Å². The summed E-state index contributed by atoms with van der Waals surface area (Å²) < 4.78 is 5.68. The highest BCUT2D eigenvalue weighted by Gasteiger charge is 2.22. The van der Waals surface area contributed by atoms with Gasteiger partial charge < -0.3 is 15.0 Å². The Bertz CT molecular complexity index is 458. The minimum absolute atomic E-state index is 0.0181. The minimum atomic E-state index is -0.426. The van der Waals surface area contributed by atoms with Gasteiger partial charge in [-0.25, -0.2) is 0 Å². The third kappa shape index (κ3) is 4.10. The first-order chi connectivity index (χ1) is 8.76. The second-order valence-electron chi connectivity index (χ2n) is 5.22. The Morgan fingerprint density at radius 1 is 1.37 bits per heavy atom. The summed E-state index contributed by atoms with van der Waals surface area (Å²) in [4.78, 5) is 12.5. The van der Waals surface area contributed by atoms with Crippen molar-refractivity contribution in [3.63, 3.8) is 0 Å². The summed E-state index contributed by atoms with van der Waals surface area (Å²) in [6.45, 7) is 4.54. The number of rotatable bonds is 6. The Morgan fingerprint density at radius 3 is 2.47 bits per heavy atom. The fraction of sp³-hybridized carbons (Fsp3) is 0.538. The summed E-state index contributed by atoms with van der Waals surface area (Å²) in [5, 5.41) is 13.7. The quantitative estimate of drug-likeness (QED) is 0.633. The van der Waals surface area contributed by atoms with Crippen LogP contribution in [-0.4, -0.2) is 43.1 Å². The van der Waals surface area contributed by atoms with Crippen LogP contribution in [0.1, 0.15) is 13.8 Å². The zero-order valence-corrected chi connectivity index (χ0v) is 12.1. The normalized spacial score (nSPS) is 11.5. The molecule has 6 nitrogen and oxygen atoms in total. The van der Waals surface area contributed by atoms with Crippen LogP contribution in [0, 0.1) is 10.1 Å². The highest BCUT2D eigenvalue weighted by molar-refractivity contribution is 5.56. The molecule has 0 bridgehead atoms. The molecular formula is C13H21N3O3. The van der Waals surface area contributed by atoms with Gasteiger partial charge in [0.05, 0.1) is 11.0 Å². The molecule has 0 unspecified atom stereocenters. The van der Waals surface area contributed by atoms with Gasteiger partial charge >= 0.3 is 0 Å². The van der Waals surface area contributed by atoms with Crippen LogP contribution in [-0.2, 0) is 0 Å². The van der Waals surface area contributed by atoms with Gasteiger partial charge in [-0.3, -0.25) is 10.1 Å². The first kappa shape index (κ1) is 15.2. The van der Waals surface area contributed by atoms with Crippen molar-refractivity contribution in [2.24, 2.45) is 0 Å². The van der Waals surface area contributed by atoms with Gasteiger partial charge in [0.1, 0.15) is 12.4 Å². The smallest absolute Gasteiger partial charge is 0.275 e. The summed E-state index contributed by atoms with van der Waals surface area (Å²) in [6, 6.07) is 4.66. The van der Waals surface area contributed by atoms with Crippen molar-refractivity contribution < 1.29 is 9.66 Å². The lowest BCUT2D eigenvalue weighted by Crippen LogP contribution is -2.43. The molecule has 1 aromatic rings. The average molecular weight is 267 g/mol. The van der Waals surface area contributed by atoms with E-state index in [9.17, 15) is 10.1 Å². The average Bonchev–Trinajstić information content (AvgIpc) is 2.35. The van der Waals surface area contributed by atoms with Crippen molar-refractivity contribution in [3.8, 4) is 5.75 Å². The topological polar surface area (TPSA) is 67.6 Å². The van der Waals surface area contributed by atoms with Crippen LogP contribution >= 0.6 is 0 Å². The lowest BCUT2D eigenvalue weighted by Gasteiger charge is -2.32. The van der Waals surface area contributed by atoms with E-state index in [1.54, 1.807) is 13.1 Å². The number of hydrogen-bond donors (Lipinski definition) is 1. The molecule has 0 spiro atoms. The molecule has 0 fully saturated rings. The van der Waals surface area contributed by atoms with Crippen LogP contribution in [0.5, 0.6) is 5.75 Å². The molecular weight excluding hydrogens is 246 g/mol.